The third-order valence-corrected chi connectivity index (χ3v) is 4.47. The lowest BCUT2D eigenvalue weighted by Crippen LogP contribution is -2.40. The number of carbonyl (C=O) groups is 1. The summed E-state index contributed by atoms with van der Waals surface area (Å²) >= 11 is 0. The van der Waals surface area contributed by atoms with Crippen molar-refractivity contribution in [2.24, 2.45) is 5.73 Å². The SMILES string of the molecule is CCC(C)(C)N(C)c1ccc2c(c1)N(C)C(=O)C2N. The van der Waals surface area contributed by atoms with Crippen LogP contribution in [0.15, 0.2) is 18.2 Å². The fourth-order valence-corrected chi connectivity index (χ4v) is 2.34. The van der Waals surface area contributed by atoms with Gasteiger partial charge in [0.2, 0.25) is 5.91 Å². The number of fused-ring (bicyclic) bond motifs is 1. The molecule has 19 heavy (non-hydrogen) atoms. The van der Waals surface area contributed by atoms with E-state index in [0.29, 0.717) is 0 Å². The number of likely N-dealkylation sites (N-methyl/N-ethyl adjacent to an activating group) is 1. The Morgan fingerprint density at radius 2 is 2.05 bits per heavy atom. The van der Waals surface area contributed by atoms with E-state index in [1.807, 2.05) is 12.1 Å². The highest BCUT2D eigenvalue weighted by atomic mass is 16.2. The molecule has 1 aromatic rings. The van der Waals surface area contributed by atoms with Crippen LogP contribution >= 0.6 is 0 Å². The second-order valence-corrected chi connectivity index (χ2v) is 5.84. The molecule has 0 fully saturated rings. The first-order chi connectivity index (χ1) is 8.79. The van der Waals surface area contributed by atoms with Crippen LogP contribution in [-0.4, -0.2) is 25.5 Å². The molecule has 1 aliphatic rings. The van der Waals surface area contributed by atoms with E-state index in [1.54, 1.807) is 11.9 Å². The van der Waals surface area contributed by atoms with E-state index in [0.717, 1.165) is 23.4 Å². The lowest BCUT2D eigenvalue weighted by molar-refractivity contribution is -0.118. The third kappa shape index (κ3) is 2.10. The van der Waals surface area contributed by atoms with Crippen molar-refractivity contribution in [2.75, 3.05) is 23.9 Å². The van der Waals surface area contributed by atoms with Crippen molar-refractivity contribution in [1.82, 2.24) is 0 Å². The number of nitrogens with zero attached hydrogens (tertiary/aromatic N) is 2. The second kappa shape index (κ2) is 4.53. The van der Waals surface area contributed by atoms with Crippen molar-refractivity contribution in [3.05, 3.63) is 23.8 Å². The number of anilines is 2. The molecule has 0 saturated heterocycles. The molecule has 2 N–H and O–H groups in total. The quantitative estimate of drug-likeness (QED) is 0.908. The van der Waals surface area contributed by atoms with E-state index in [-0.39, 0.29) is 11.4 Å². The van der Waals surface area contributed by atoms with Crippen LogP contribution in [0.5, 0.6) is 0 Å². The zero-order valence-corrected chi connectivity index (χ0v) is 12.4. The molecule has 4 heteroatoms. The summed E-state index contributed by atoms with van der Waals surface area (Å²) in [6.07, 6.45) is 1.05. The first-order valence-electron chi connectivity index (χ1n) is 6.70. The monoisotopic (exact) mass is 261 g/mol. The molecule has 1 aromatic carbocycles. The van der Waals surface area contributed by atoms with Gasteiger partial charge in [0, 0.05) is 30.9 Å². The summed E-state index contributed by atoms with van der Waals surface area (Å²) in [6, 6.07) is 5.55. The standard InChI is InChI=1S/C15H23N3O/c1-6-15(2,3)18(5)10-7-8-11-12(9-10)17(4)14(19)13(11)16/h7-9,13H,6,16H2,1-5H3. The average Bonchev–Trinajstić information content (AvgIpc) is 2.62. The van der Waals surface area contributed by atoms with E-state index in [4.69, 9.17) is 5.73 Å². The van der Waals surface area contributed by atoms with Gasteiger partial charge in [0.15, 0.2) is 0 Å². The summed E-state index contributed by atoms with van der Waals surface area (Å²) in [5, 5.41) is 0. The molecular formula is C15H23N3O. The molecule has 1 aliphatic heterocycles. The maximum atomic E-state index is 11.9. The normalized spacial score (nSPS) is 18.7. The van der Waals surface area contributed by atoms with Crippen LogP contribution in [0.4, 0.5) is 11.4 Å². The molecule has 4 nitrogen and oxygen atoms in total. The molecule has 1 amide bonds. The van der Waals surface area contributed by atoms with Crippen molar-refractivity contribution >= 4 is 17.3 Å². The summed E-state index contributed by atoms with van der Waals surface area (Å²) in [4.78, 5) is 15.8. The lowest BCUT2D eigenvalue weighted by atomic mass is 9.98. The van der Waals surface area contributed by atoms with E-state index >= 15 is 0 Å². The summed E-state index contributed by atoms with van der Waals surface area (Å²) < 4.78 is 0. The van der Waals surface area contributed by atoms with Gasteiger partial charge in [-0.3, -0.25) is 4.79 Å². The van der Waals surface area contributed by atoms with Crippen LogP contribution < -0.4 is 15.5 Å². The predicted octanol–water partition coefficient (Wildman–Crippen LogP) is 2.29. The van der Waals surface area contributed by atoms with Gasteiger partial charge >= 0.3 is 0 Å². The Hall–Kier alpha value is -1.55. The van der Waals surface area contributed by atoms with Gasteiger partial charge < -0.3 is 15.5 Å². The van der Waals surface area contributed by atoms with Gasteiger partial charge in [-0.1, -0.05) is 13.0 Å². The van der Waals surface area contributed by atoms with Gasteiger partial charge in [0.25, 0.3) is 0 Å². The Labute approximate surface area is 115 Å². The minimum Gasteiger partial charge on any atom is -0.369 e. The molecule has 0 aromatic heterocycles. The summed E-state index contributed by atoms with van der Waals surface area (Å²) in [6.45, 7) is 6.59. The molecule has 1 atom stereocenters. The van der Waals surface area contributed by atoms with Crippen molar-refractivity contribution in [3.8, 4) is 0 Å². The van der Waals surface area contributed by atoms with Gasteiger partial charge in [0.05, 0.1) is 5.69 Å². The van der Waals surface area contributed by atoms with Crippen LogP contribution in [0.3, 0.4) is 0 Å². The smallest absolute Gasteiger partial charge is 0.248 e. The van der Waals surface area contributed by atoms with Crippen LogP contribution in [0, 0.1) is 0 Å². The largest absolute Gasteiger partial charge is 0.369 e. The number of rotatable bonds is 3. The van der Waals surface area contributed by atoms with Crippen LogP contribution in [0.2, 0.25) is 0 Å². The number of hydrogen-bond donors (Lipinski definition) is 1. The predicted molar refractivity (Wildman–Crippen MR) is 79.6 cm³/mol. The zero-order valence-electron chi connectivity index (χ0n) is 12.4. The highest BCUT2D eigenvalue weighted by Crippen LogP contribution is 2.37. The highest BCUT2D eigenvalue weighted by molar-refractivity contribution is 6.04. The molecule has 0 radical (unpaired) electrons. The minimum absolute atomic E-state index is 0.0374. The van der Waals surface area contributed by atoms with Crippen molar-refractivity contribution in [1.29, 1.82) is 0 Å². The lowest BCUT2D eigenvalue weighted by Gasteiger charge is -2.37. The van der Waals surface area contributed by atoms with E-state index in [9.17, 15) is 4.79 Å². The topological polar surface area (TPSA) is 49.6 Å². The Morgan fingerprint density at radius 3 is 2.63 bits per heavy atom. The van der Waals surface area contributed by atoms with Crippen molar-refractivity contribution < 1.29 is 4.79 Å². The molecular weight excluding hydrogens is 238 g/mol. The maximum Gasteiger partial charge on any atom is 0.248 e. The summed E-state index contributed by atoms with van der Waals surface area (Å²) in [5.41, 5.74) is 8.95. The van der Waals surface area contributed by atoms with Crippen LogP contribution in [-0.2, 0) is 4.79 Å². The molecule has 104 valence electrons. The molecule has 0 saturated carbocycles. The third-order valence-electron chi connectivity index (χ3n) is 4.47. The van der Waals surface area contributed by atoms with Gasteiger partial charge in [-0.15, -0.1) is 0 Å². The molecule has 1 heterocycles. The Balaban J connectivity index is 2.41. The maximum absolute atomic E-state index is 11.9. The first kappa shape index (κ1) is 13.9. The first-order valence-corrected chi connectivity index (χ1v) is 6.70. The van der Waals surface area contributed by atoms with Gasteiger partial charge in [0.1, 0.15) is 6.04 Å². The van der Waals surface area contributed by atoms with Gasteiger partial charge in [-0.2, -0.15) is 0 Å². The van der Waals surface area contributed by atoms with Crippen LogP contribution in [0.25, 0.3) is 0 Å². The fourth-order valence-electron chi connectivity index (χ4n) is 2.34. The minimum atomic E-state index is -0.515. The number of nitrogens with two attached hydrogens (primary N) is 1. The molecule has 2 rings (SSSR count). The highest BCUT2D eigenvalue weighted by Gasteiger charge is 2.33. The molecule has 1 unspecified atom stereocenters. The Bertz CT molecular complexity index is 510. The van der Waals surface area contributed by atoms with E-state index in [2.05, 4.69) is 38.8 Å². The molecule has 0 spiro atoms. The number of amides is 1. The average molecular weight is 261 g/mol. The Morgan fingerprint density at radius 1 is 1.42 bits per heavy atom. The summed E-state index contributed by atoms with van der Waals surface area (Å²) in [7, 11) is 3.87. The second-order valence-electron chi connectivity index (χ2n) is 5.84. The fraction of sp³-hybridized carbons (Fsp3) is 0.533. The summed E-state index contributed by atoms with van der Waals surface area (Å²) in [5.74, 6) is -0.0374. The van der Waals surface area contributed by atoms with E-state index < -0.39 is 6.04 Å². The Kier molecular flexibility index (Phi) is 3.31. The molecule has 0 bridgehead atoms. The van der Waals surface area contributed by atoms with E-state index in [1.165, 1.54) is 0 Å². The number of carbonyl (C=O) groups excluding carboxylic acids is 1. The molecule has 0 aliphatic carbocycles. The zero-order chi connectivity index (χ0) is 14.4. The number of benzene rings is 1. The van der Waals surface area contributed by atoms with Gasteiger partial charge in [-0.05, 0) is 32.4 Å². The number of hydrogen-bond acceptors (Lipinski definition) is 3. The van der Waals surface area contributed by atoms with Crippen molar-refractivity contribution in [3.63, 3.8) is 0 Å². The van der Waals surface area contributed by atoms with Crippen LogP contribution in [0.1, 0.15) is 38.8 Å². The van der Waals surface area contributed by atoms with Gasteiger partial charge in [-0.25, -0.2) is 0 Å². The van der Waals surface area contributed by atoms with Crippen molar-refractivity contribution in [2.45, 2.75) is 38.8 Å².